The summed E-state index contributed by atoms with van der Waals surface area (Å²) in [6, 6.07) is 14.8. The molecule has 0 saturated carbocycles. The maximum absolute atomic E-state index is 11.1. The topological polar surface area (TPSA) is 88.1 Å². The predicted octanol–water partition coefficient (Wildman–Crippen LogP) is 5.52. The van der Waals surface area contributed by atoms with Crippen molar-refractivity contribution < 1.29 is 10.0 Å². The van der Waals surface area contributed by atoms with Crippen LogP contribution in [0.4, 0.5) is 17.1 Å². The number of aromatic hydroxyl groups is 1. The second kappa shape index (κ2) is 6.02. The fraction of sp³-hybridized carbons (Fsp3) is 0. The van der Waals surface area contributed by atoms with Gasteiger partial charge in [0.25, 0.3) is 5.69 Å². The summed E-state index contributed by atoms with van der Waals surface area (Å²) in [5, 5.41) is 30.6. The lowest BCUT2D eigenvalue weighted by molar-refractivity contribution is -0.384. The molecule has 114 valence electrons. The quantitative estimate of drug-likeness (QED) is 0.390. The number of nitrogens with zero attached hydrogens (tertiary/aromatic N) is 3. The number of nitro groups is 1. The minimum Gasteiger partial charge on any atom is -0.506 e. The number of fused-ring (bicyclic) bond motifs is 1. The highest BCUT2D eigenvalue weighted by molar-refractivity contribution is 6.33. The highest BCUT2D eigenvalue weighted by atomic mass is 35.5. The molecule has 3 aromatic rings. The van der Waals surface area contributed by atoms with Crippen LogP contribution >= 0.6 is 11.6 Å². The van der Waals surface area contributed by atoms with Gasteiger partial charge in [0.15, 0.2) is 5.69 Å². The fourth-order valence-corrected chi connectivity index (χ4v) is 2.41. The van der Waals surface area contributed by atoms with Gasteiger partial charge in [-0.2, -0.15) is 0 Å². The number of halogens is 1. The van der Waals surface area contributed by atoms with Crippen LogP contribution < -0.4 is 0 Å². The van der Waals surface area contributed by atoms with Crippen molar-refractivity contribution in [3.63, 3.8) is 0 Å². The molecular weight excluding hydrogens is 318 g/mol. The van der Waals surface area contributed by atoms with Crippen LogP contribution in [-0.4, -0.2) is 10.0 Å². The van der Waals surface area contributed by atoms with Crippen LogP contribution in [0, 0.1) is 10.1 Å². The molecule has 3 rings (SSSR count). The van der Waals surface area contributed by atoms with Gasteiger partial charge >= 0.3 is 0 Å². The highest BCUT2D eigenvalue weighted by Crippen LogP contribution is 2.39. The van der Waals surface area contributed by atoms with Crippen LogP contribution in [0.3, 0.4) is 0 Å². The first-order valence-corrected chi connectivity index (χ1v) is 7.01. The molecule has 0 spiro atoms. The third-order valence-electron chi connectivity index (χ3n) is 3.29. The van der Waals surface area contributed by atoms with E-state index in [1.807, 2.05) is 12.1 Å². The number of hydrogen-bond donors (Lipinski definition) is 1. The Bertz CT molecular complexity index is 941. The second-order valence-corrected chi connectivity index (χ2v) is 5.13. The van der Waals surface area contributed by atoms with Crippen molar-refractivity contribution in [3.05, 3.63) is 69.7 Å². The molecule has 1 N–H and O–H groups in total. The molecule has 0 aliphatic rings. The van der Waals surface area contributed by atoms with Crippen LogP contribution in [0.1, 0.15) is 0 Å². The summed E-state index contributed by atoms with van der Waals surface area (Å²) in [4.78, 5) is 10.5. The average molecular weight is 328 g/mol. The van der Waals surface area contributed by atoms with Crippen molar-refractivity contribution in [2.75, 3.05) is 0 Å². The summed E-state index contributed by atoms with van der Waals surface area (Å²) in [5.74, 6) is -0.0674. The van der Waals surface area contributed by atoms with E-state index in [4.69, 9.17) is 11.6 Å². The van der Waals surface area contributed by atoms with Gasteiger partial charge < -0.3 is 5.11 Å². The molecule has 0 heterocycles. The van der Waals surface area contributed by atoms with E-state index < -0.39 is 4.92 Å². The second-order valence-electron chi connectivity index (χ2n) is 4.72. The Labute approximate surface area is 135 Å². The van der Waals surface area contributed by atoms with Crippen molar-refractivity contribution in [2.24, 2.45) is 10.2 Å². The first-order chi connectivity index (χ1) is 11.1. The van der Waals surface area contributed by atoms with Crippen LogP contribution in [0.2, 0.25) is 5.02 Å². The van der Waals surface area contributed by atoms with Crippen LogP contribution in [0.15, 0.2) is 64.8 Å². The molecule has 0 fully saturated rings. The number of nitro benzene ring substituents is 1. The van der Waals surface area contributed by atoms with Gasteiger partial charge in [-0.05, 0) is 17.5 Å². The zero-order chi connectivity index (χ0) is 16.4. The molecule has 23 heavy (non-hydrogen) atoms. The lowest BCUT2D eigenvalue weighted by Crippen LogP contribution is -1.88. The molecule has 0 saturated heterocycles. The Hall–Kier alpha value is -2.99. The molecule has 0 aliphatic heterocycles. The largest absolute Gasteiger partial charge is 0.506 e. The van der Waals surface area contributed by atoms with E-state index in [1.54, 1.807) is 18.2 Å². The van der Waals surface area contributed by atoms with Crippen molar-refractivity contribution in [2.45, 2.75) is 0 Å². The first kappa shape index (κ1) is 14.9. The number of azo groups is 1. The highest BCUT2D eigenvalue weighted by Gasteiger charge is 2.16. The normalized spacial score (nSPS) is 11.2. The molecule has 0 aromatic heterocycles. The Morgan fingerprint density at radius 2 is 1.70 bits per heavy atom. The Morgan fingerprint density at radius 1 is 0.957 bits per heavy atom. The maximum atomic E-state index is 11.1. The summed E-state index contributed by atoms with van der Waals surface area (Å²) in [6.45, 7) is 0. The van der Waals surface area contributed by atoms with Gasteiger partial charge in [0.1, 0.15) is 11.4 Å². The SMILES string of the molecule is O=[N+]([O-])c1cccc(Cl)c1/N=N/c1c(O)ccc2ccccc12. The van der Waals surface area contributed by atoms with Crippen LogP contribution in [-0.2, 0) is 0 Å². The number of phenolic OH excluding ortho intramolecular Hbond substituents is 1. The smallest absolute Gasteiger partial charge is 0.298 e. The summed E-state index contributed by atoms with van der Waals surface area (Å²) in [7, 11) is 0. The third kappa shape index (κ3) is 2.84. The number of hydrogen-bond acceptors (Lipinski definition) is 5. The summed E-state index contributed by atoms with van der Waals surface area (Å²) >= 11 is 5.98. The number of benzene rings is 3. The van der Waals surface area contributed by atoms with Gasteiger partial charge in [0, 0.05) is 11.5 Å². The number of phenols is 1. The summed E-state index contributed by atoms with van der Waals surface area (Å²) in [6.07, 6.45) is 0. The fourth-order valence-electron chi connectivity index (χ4n) is 2.20. The van der Waals surface area contributed by atoms with Gasteiger partial charge in [-0.1, -0.05) is 48.0 Å². The molecule has 0 radical (unpaired) electrons. The molecular formula is C16H10ClN3O3. The van der Waals surface area contributed by atoms with Crippen LogP contribution in [0.5, 0.6) is 5.75 Å². The van der Waals surface area contributed by atoms with Gasteiger partial charge in [0.2, 0.25) is 0 Å². The minimum absolute atomic E-state index is 0.0495. The zero-order valence-electron chi connectivity index (χ0n) is 11.7. The van der Waals surface area contributed by atoms with Crippen molar-refractivity contribution >= 4 is 39.4 Å². The van der Waals surface area contributed by atoms with E-state index in [-0.39, 0.29) is 27.8 Å². The summed E-state index contributed by atoms with van der Waals surface area (Å²) in [5.41, 5.74) is -0.0650. The summed E-state index contributed by atoms with van der Waals surface area (Å²) < 4.78 is 0. The molecule has 0 atom stereocenters. The lowest BCUT2D eigenvalue weighted by Gasteiger charge is -2.04. The average Bonchev–Trinajstić information content (AvgIpc) is 2.54. The van der Waals surface area contributed by atoms with E-state index >= 15 is 0 Å². The van der Waals surface area contributed by atoms with Gasteiger partial charge in [-0.3, -0.25) is 10.1 Å². The molecule has 0 amide bonds. The van der Waals surface area contributed by atoms with E-state index in [0.717, 1.165) is 5.39 Å². The van der Waals surface area contributed by atoms with Crippen molar-refractivity contribution in [1.82, 2.24) is 0 Å². The van der Waals surface area contributed by atoms with Crippen LogP contribution in [0.25, 0.3) is 10.8 Å². The first-order valence-electron chi connectivity index (χ1n) is 6.63. The minimum atomic E-state index is -0.580. The van der Waals surface area contributed by atoms with Crippen molar-refractivity contribution in [1.29, 1.82) is 0 Å². The molecule has 0 unspecified atom stereocenters. The molecule has 3 aromatic carbocycles. The van der Waals surface area contributed by atoms with Gasteiger partial charge in [-0.25, -0.2) is 0 Å². The predicted molar refractivity (Wildman–Crippen MR) is 87.9 cm³/mol. The van der Waals surface area contributed by atoms with Gasteiger partial charge in [0.05, 0.1) is 9.95 Å². The van der Waals surface area contributed by atoms with Crippen molar-refractivity contribution in [3.8, 4) is 5.75 Å². The standard InChI is InChI=1S/C16H10ClN3O3/c17-12-6-3-7-13(20(22)23)16(12)19-18-15-11-5-2-1-4-10(11)8-9-14(15)21/h1-9,21H/b19-18+. The molecule has 6 nitrogen and oxygen atoms in total. The van der Waals surface area contributed by atoms with E-state index in [9.17, 15) is 15.2 Å². The van der Waals surface area contributed by atoms with E-state index in [2.05, 4.69) is 10.2 Å². The van der Waals surface area contributed by atoms with E-state index in [1.165, 1.54) is 24.3 Å². The maximum Gasteiger partial charge on any atom is 0.298 e. The lowest BCUT2D eigenvalue weighted by atomic mass is 10.1. The number of rotatable bonds is 3. The van der Waals surface area contributed by atoms with Gasteiger partial charge in [-0.15, -0.1) is 10.2 Å². The third-order valence-corrected chi connectivity index (χ3v) is 3.60. The zero-order valence-corrected chi connectivity index (χ0v) is 12.4. The Balaban J connectivity index is 2.15. The monoisotopic (exact) mass is 327 g/mol. The molecule has 7 heteroatoms. The van der Waals surface area contributed by atoms with E-state index in [0.29, 0.717) is 5.39 Å². The molecule has 0 aliphatic carbocycles. The Kier molecular flexibility index (Phi) is 3.91. The Morgan fingerprint density at radius 3 is 2.48 bits per heavy atom. The molecule has 0 bridgehead atoms.